The predicted octanol–water partition coefficient (Wildman–Crippen LogP) is 23.6. The van der Waals surface area contributed by atoms with Crippen LogP contribution in [0.1, 0.15) is 316 Å². The molecular weight excluding hydrogens is 1120 g/mol. The van der Waals surface area contributed by atoms with Gasteiger partial charge in [-0.15, -0.1) is 0 Å². The molecule has 2 atom stereocenters. The average Bonchev–Trinajstić information content (AvgIpc) is 3.60. The molecule has 0 aromatic heterocycles. The molecule has 0 N–H and O–H groups in total. The van der Waals surface area contributed by atoms with Gasteiger partial charge < -0.3 is 27.9 Å². The third-order valence-corrected chi connectivity index (χ3v) is 16.7. The van der Waals surface area contributed by atoms with Crippen LogP contribution < -0.4 is 4.89 Å². The van der Waals surface area contributed by atoms with Gasteiger partial charge >= 0.3 is 11.9 Å². The molecular formula is C79H138NO8P. The summed E-state index contributed by atoms with van der Waals surface area (Å²) in [5.41, 5.74) is 0. The van der Waals surface area contributed by atoms with Crippen LogP contribution in [0.2, 0.25) is 0 Å². The molecule has 0 aliphatic heterocycles. The zero-order chi connectivity index (χ0) is 64.8. The Labute approximate surface area is 549 Å². The van der Waals surface area contributed by atoms with Crippen molar-refractivity contribution in [2.24, 2.45) is 0 Å². The lowest BCUT2D eigenvalue weighted by Crippen LogP contribution is -2.37. The monoisotopic (exact) mass is 1260 g/mol. The van der Waals surface area contributed by atoms with Gasteiger partial charge in [-0.2, -0.15) is 0 Å². The minimum atomic E-state index is -4.66. The van der Waals surface area contributed by atoms with E-state index in [9.17, 15) is 19.0 Å². The van der Waals surface area contributed by atoms with Gasteiger partial charge in [-0.25, -0.2) is 0 Å². The van der Waals surface area contributed by atoms with Crippen LogP contribution in [0.15, 0.2) is 122 Å². The minimum absolute atomic E-state index is 0.0408. The van der Waals surface area contributed by atoms with E-state index in [1.54, 1.807) is 0 Å². The molecule has 0 aliphatic carbocycles. The SMILES string of the molecule is CC/C=C\C/C=C\C/C=C\C/C=C\C/C=C\C/C=C\C/C=C\C/C=C\C/C=C\C/C=C\CCCCCCC(=O)OC(COC(=O)CCCCCCCCCCCCCCCCCCCCCCCCCCCCCCCC)COP(=O)([O-])OCC[N+](C)(C)C. The Morgan fingerprint density at radius 1 is 0.360 bits per heavy atom. The number of unbranched alkanes of at least 4 members (excludes halogenated alkanes) is 33. The fourth-order valence-electron chi connectivity index (χ4n) is 10.2. The first-order valence-corrected chi connectivity index (χ1v) is 38.2. The Morgan fingerprint density at radius 3 is 0.955 bits per heavy atom. The number of rotatable bonds is 67. The van der Waals surface area contributed by atoms with Crippen molar-refractivity contribution < 1.29 is 42.1 Å². The third kappa shape index (κ3) is 73.3. The Morgan fingerprint density at radius 2 is 0.640 bits per heavy atom. The lowest BCUT2D eigenvalue weighted by molar-refractivity contribution is -0.870. The number of hydrogen-bond donors (Lipinski definition) is 0. The second-order valence-corrected chi connectivity index (χ2v) is 27.0. The van der Waals surface area contributed by atoms with Crippen molar-refractivity contribution in [3.8, 4) is 0 Å². The minimum Gasteiger partial charge on any atom is -0.756 e. The van der Waals surface area contributed by atoms with Crippen LogP contribution >= 0.6 is 7.82 Å². The maximum absolute atomic E-state index is 12.9. The Hall–Kier alpha value is -3.59. The van der Waals surface area contributed by atoms with Gasteiger partial charge in [0.05, 0.1) is 27.7 Å². The summed E-state index contributed by atoms with van der Waals surface area (Å²) in [6, 6.07) is 0. The van der Waals surface area contributed by atoms with Gasteiger partial charge in [0.1, 0.15) is 19.8 Å². The molecule has 2 unspecified atom stereocenters. The molecule has 0 spiro atoms. The molecule has 0 aromatic carbocycles. The molecule has 0 saturated heterocycles. The first-order chi connectivity index (χ1) is 43.5. The van der Waals surface area contributed by atoms with Crippen molar-refractivity contribution in [2.75, 3.05) is 47.5 Å². The van der Waals surface area contributed by atoms with Gasteiger partial charge in [-0.05, 0) is 89.9 Å². The molecule has 0 radical (unpaired) electrons. The van der Waals surface area contributed by atoms with E-state index in [4.69, 9.17) is 18.5 Å². The van der Waals surface area contributed by atoms with E-state index in [1.165, 1.54) is 173 Å². The normalized spacial score (nSPS) is 13.8. The van der Waals surface area contributed by atoms with Crippen molar-refractivity contribution in [3.63, 3.8) is 0 Å². The number of ether oxygens (including phenoxy) is 2. The van der Waals surface area contributed by atoms with E-state index < -0.39 is 26.5 Å². The van der Waals surface area contributed by atoms with Crippen molar-refractivity contribution in [1.82, 2.24) is 0 Å². The van der Waals surface area contributed by atoms with Crippen LogP contribution in [0.25, 0.3) is 0 Å². The van der Waals surface area contributed by atoms with Gasteiger partial charge in [0, 0.05) is 12.8 Å². The van der Waals surface area contributed by atoms with Crippen molar-refractivity contribution in [2.45, 2.75) is 322 Å². The smallest absolute Gasteiger partial charge is 0.306 e. The van der Waals surface area contributed by atoms with Gasteiger partial charge in [-0.3, -0.25) is 14.2 Å². The van der Waals surface area contributed by atoms with E-state index in [2.05, 4.69) is 135 Å². The summed E-state index contributed by atoms with van der Waals surface area (Å²) in [6.07, 6.45) is 98.7. The molecule has 9 nitrogen and oxygen atoms in total. The Kier molecular flexibility index (Phi) is 66.0. The quantitative estimate of drug-likeness (QED) is 0.0195. The number of hydrogen-bond acceptors (Lipinski definition) is 8. The molecule has 0 aromatic rings. The van der Waals surface area contributed by atoms with E-state index in [0.717, 1.165) is 109 Å². The largest absolute Gasteiger partial charge is 0.756 e. The van der Waals surface area contributed by atoms with E-state index >= 15 is 0 Å². The molecule has 0 amide bonds. The maximum atomic E-state index is 12.9. The molecule has 0 saturated carbocycles. The molecule has 10 heteroatoms. The van der Waals surface area contributed by atoms with Gasteiger partial charge in [-0.1, -0.05) is 334 Å². The number of allylic oxidation sites excluding steroid dienone is 20. The summed E-state index contributed by atoms with van der Waals surface area (Å²) in [4.78, 5) is 38.1. The summed E-state index contributed by atoms with van der Waals surface area (Å²) in [5.74, 6) is -0.858. The predicted molar refractivity (Wildman–Crippen MR) is 383 cm³/mol. The molecule has 512 valence electrons. The summed E-state index contributed by atoms with van der Waals surface area (Å²) in [5, 5.41) is 0. The number of phosphoric ester groups is 1. The topological polar surface area (TPSA) is 111 Å². The highest BCUT2D eigenvalue weighted by Crippen LogP contribution is 2.38. The maximum Gasteiger partial charge on any atom is 0.306 e. The van der Waals surface area contributed by atoms with Crippen LogP contribution in [-0.4, -0.2) is 70.0 Å². The fraction of sp³-hybridized carbons (Fsp3) is 0.722. The molecule has 0 heterocycles. The Bertz CT molecular complexity index is 1920. The van der Waals surface area contributed by atoms with Crippen LogP contribution in [0.3, 0.4) is 0 Å². The molecule has 0 aliphatic rings. The van der Waals surface area contributed by atoms with E-state index in [1.807, 2.05) is 21.1 Å². The second-order valence-electron chi connectivity index (χ2n) is 25.6. The number of nitrogens with zero attached hydrogens (tertiary/aromatic N) is 1. The van der Waals surface area contributed by atoms with E-state index in [0.29, 0.717) is 17.4 Å². The van der Waals surface area contributed by atoms with Crippen LogP contribution in [0.5, 0.6) is 0 Å². The Balaban J connectivity index is 4.11. The van der Waals surface area contributed by atoms with E-state index in [-0.39, 0.29) is 32.0 Å². The first-order valence-electron chi connectivity index (χ1n) is 36.7. The van der Waals surface area contributed by atoms with Crippen molar-refractivity contribution >= 4 is 19.8 Å². The number of phosphoric acid groups is 1. The fourth-order valence-corrected chi connectivity index (χ4v) is 10.9. The van der Waals surface area contributed by atoms with Gasteiger partial charge in [0.2, 0.25) is 0 Å². The summed E-state index contributed by atoms with van der Waals surface area (Å²) in [6.45, 7) is 4.13. The zero-order valence-corrected chi connectivity index (χ0v) is 59.2. The summed E-state index contributed by atoms with van der Waals surface area (Å²) < 4.78 is 34.3. The molecule has 89 heavy (non-hydrogen) atoms. The molecule has 0 fully saturated rings. The lowest BCUT2D eigenvalue weighted by Gasteiger charge is -2.28. The molecule has 0 bridgehead atoms. The number of quaternary nitrogens is 1. The van der Waals surface area contributed by atoms with Crippen molar-refractivity contribution in [3.05, 3.63) is 122 Å². The van der Waals surface area contributed by atoms with Crippen LogP contribution in [-0.2, 0) is 32.7 Å². The lowest BCUT2D eigenvalue weighted by atomic mass is 10.0. The number of carbonyl (C=O) groups is 2. The van der Waals surface area contributed by atoms with Gasteiger partial charge in [0.25, 0.3) is 7.82 Å². The highest BCUT2D eigenvalue weighted by molar-refractivity contribution is 7.45. The summed E-state index contributed by atoms with van der Waals surface area (Å²) in [7, 11) is 1.14. The number of carbonyl (C=O) groups excluding carboxylic acids is 2. The third-order valence-electron chi connectivity index (χ3n) is 15.7. The van der Waals surface area contributed by atoms with Crippen molar-refractivity contribution in [1.29, 1.82) is 0 Å². The highest BCUT2D eigenvalue weighted by Gasteiger charge is 2.22. The summed E-state index contributed by atoms with van der Waals surface area (Å²) >= 11 is 0. The number of esters is 2. The van der Waals surface area contributed by atoms with Crippen LogP contribution in [0, 0.1) is 0 Å². The zero-order valence-electron chi connectivity index (χ0n) is 58.3. The molecule has 0 rings (SSSR count). The average molecular weight is 1260 g/mol. The number of likely N-dealkylation sites (N-methyl/N-ethyl adjacent to an activating group) is 1. The van der Waals surface area contributed by atoms with Crippen LogP contribution in [0.4, 0.5) is 0 Å². The van der Waals surface area contributed by atoms with Gasteiger partial charge in [0.15, 0.2) is 6.10 Å². The second kappa shape index (κ2) is 68.8. The standard InChI is InChI=1S/C79H138NO8P/c1-6-8-10-12-14-16-18-20-22-24-26-28-30-32-34-36-38-39-40-41-42-44-46-48-50-52-54-56-58-60-62-64-66-68-70-72-79(82)88-77(76-87-89(83,84)86-74-73-80(3,4)5)75-85-78(81)71-69-67-65-63-61-59-57-55-53-51-49-47-45-43-37-35-33-31-29-27-25-23-21-19-17-15-13-11-9-7-2/h8,10,14,16,20,22,26,28,32,34,38-39,41-42,46,48,52,54,58,60,77H,6-7,9,11-13,15,17-19,21,23-25,27,29-31,33,35-37,40,43-45,47,49-51,53,55-57,59,61-76H2,1-5H3/b10-8-,16-14-,22-20-,28-26-,34-32-,39-38-,42-41-,48-46-,54-52-,60-58-. The first kappa shape index (κ1) is 85.4. The highest BCUT2D eigenvalue weighted by atomic mass is 31.2.